The summed E-state index contributed by atoms with van der Waals surface area (Å²) >= 11 is 1.44. The Morgan fingerprint density at radius 2 is 2.19 bits per heavy atom. The van der Waals surface area contributed by atoms with Crippen LogP contribution in [0.1, 0.15) is 21.9 Å². The molecule has 0 N–H and O–H groups in total. The first-order valence-electron chi connectivity index (χ1n) is 8.34. The molecular weight excluding hydrogens is 364 g/mol. The van der Waals surface area contributed by atoms with Crippen LogP contribution in [0.3, 0.4) is 0 Å². The van der Waals surface area contributed by atoms with Gasteiger partial charge in [-0.3, -0.25) is 14.4 Å². The van der Waals surface area contributed by atoms with Gasteiger partial charge in [0.1, 0.15) is 17.2 Å². The lowest BCUT2D eigenvalue weighted by molar-refractivity contribution is 0.0974. The molecule has 0 saturated carbocycles. The van der Waals surface area contributed by atoms with Crippen molar-refractivity contribution in [3.05, 3.63) is 59.8 Å². The lowest BCUT2D eigenvalue weighted by Gasteiger charge is -2.18. The summed E-state index contributed by atoms with van der Waals surface area (Å²) in [5, 5.41) is 4.88. The fourth-order valence-corrected chi connectivity index (χ4v) is 3.86. The van der Waals surface area contributed by atoms with Crippen molar-refractivity contribution in [3.8, 4) is 5.75 Å². The largest absolute Gasteiger partial charge is 0.497 e. The van der Waals surface area contributed by atoms with E-state index in [2.05, 4.69) is 10.1 Å². The molecule has 0 saturated heterocycles. The normalized spacial score (nSPS) is 11.1. The molecule has 1 amide bonds. The number of anilines is 1. The van der Waals surface area contributed by atoms with Crippen LogP contribution in [0.4, 0.5) is 5.13 Å². The minimum absolute atomic E-state index is 0.180. The van der Waals surface area contributed by atoms with Gasteiger partial charge >= 0.3 is 0 Å². The quantitative estimate of drug-likeness (QED) is 0.525. The molecule has 0 radical (unpaired) electrons. The Morgan fingerprint density at radius 1 is 1.33 bits per heavy atom. The van der Waals surface area contributed by atoms with E-state index in [-0.39, 0.29) is 12.5 Å². The van der Waals surface area contributed by atoms with E-state index in [0.717, 1.165) is 21.7 Å². The SMILES string of the molecule is COc1ccc2nc(N(Cc3ccco3)C(=O)c3cc(C)nn3C)sc2c1. The van der Waals surface area contributed by atoms with Gasteiger partial charge < -0.3 is 9.15 Å². The Bertz CT molecular complexity index is 1100. The fourth-order valence-electron chi connectivity index (χ4n) is 2.87. The van der Waals surface area contributed by atoms with Crippen molar-refractivity contribution in [3.63, 3.8) is 0 Å². The lowest BCUT2D eigenvalue weighted by Crippen LogP contribution is -2.31. The fraction of sp³-hybridized carbons (Fsp3) is 0.211. The topological polar surface area (TPSA) is 73.4 Å². The molecule has 7 nitrogen and oxygen atoms in total. The third-order valence-corrected chi connectivity index (χ3v) is 5.22. The van der Waals surface area contributed by atoms with Gasteiger partial charge in [-0.15, -0.1) is 0 Å². The predicted octanol–water partition coefficient (Wildman–Crippen LogP) is 3.79. The van der Waals surface area contributed by atoms with Crippen LogP contribution in [0.15, 0.2) is 47.1 Å². The number of benzene rings is 1. The molecule has 0 aliphatic carbocycles. The molecule has 4 rings (SSSR count). The maximum absolute atomic E-state index is 13.3. The first-order chi connectivity index (χ1) is 13.0. The molecular formula is C19H18N4O3S. The minimum atomic E-state index is -0.180. The van der Waals surface area contributed by atoms with Gasteiger partial charge in [0.25, 0.3) is 5.91 Å². The molecule has 0 aliphatic heterocycles. The van der Waals surface area contributed by atoms with Crippen molar-refractivity contribution in [1.29, 1.82) is 0 Å². The molecule has 3 aromatic heterocycles. The molecule has 0 unspecified atom stereocenters. The van der Waals surface area contributed by atoms with Crippen molar-refractivity contribution in [2.45, 2.75) is 13.5 Å². The second-order valence-corrected chi connectivity index (χ2v) is 7.10. The third-order valence-electron chi connectivity index (χ3n) is 4.18. The zero-order valence-electron chi connectivity index (χ0n) is 15.2. The molecule has 1 aromatic carbocycles. The van der Waals surface area contributed by atoms with E-state index in [1.807, 2.05) is 31.2 Å². The highest BCUT2D eigenvalue weighted by atomic mass is 32.1. The van der Waals surface area contributed by atoms with Gasteiger partial charge in [-0.05, 0) is 43.3 Å². The average molecular weight is 382 g/mol. The standard InChI is InChI=1S/C19H18N4O3S/c1-12-9-16(22(2)21-12)18(24)23(11-14-5-4-8-26-14)19-20-15-7-6-13(25-3)10-17(15)27-19/h4-10H,11H2,1-3H3. The van der Waals surface area contributed by atoms with Gasteiger partial charge in [0, 0.05) is 7.05 Å². The molecule has 0 spiro atoms. The molecule has 8 heteroatoms. The number of methoxy groups -OCH3 is 1. The number of aromatic nitrogens is 3. The number of thiazole rings is 1. The van der Waals surface area contributed by atoms with E-state index in [1.54, 1.807) is 42.1 Å². The van der Waals surface area contributed by atoms with E-state index in [9.17, 15) is 4.79 Å². The van der Waals surface area contributed by atoms with Gasteiger partial charge in [-0.25, -0.2) is 4.98 Å². The zero-order valence-corrected chi connectivity index (χ0v) is 16.0. The summed E-state index contributed by atoms with van der Waals surface area (Å²) in [5.41, 5.74) is 2.10. The highest BCUT2D eigenvalue weighted by Gasteiger charge is 2.25. The Balaban J connectivity index is 1.77. The summed E-state index contributed by atoms with van der Waals surface area (Å²) < 4.78 is 13.3. The number of carbonyl (C=O) groups is 1. The van der Waals surface area contributed by atoms with E-state index >= 15 is 0 Å². The maximum Gasteiger partial charge on any atom is 0.278 e. The predicted molar refractivity (Wildman–Crippen MR) is 103 cm³/mol. The number of amides is 1. The van der Waals surface area contributed by atoms with Crippen molar-refractivity contribution in [1.82, 2.24) is 14.8 Å². The summed E-state index contributed by atoms with van der Waals surface area (Å²) in [6.45, 7) is 2.14. The number of rotatable bonds is 5. The van der Waals surface area contributed by atoms with Crippen LogP contribution in [-0.4, -0.2) is 27.8 Å². The second-order valence-electron chi connectivity index (χ2n) is 6.10. The van der Waals surface area contributed by atoms with E-state index in [4.69, 9.17) is 9.15 Å². The number of ether oxygens (including phenoxy) is 1. The monoisotopic (exact) mass is 382 g/mol. The lowest BCUT2D eigenvalue weighted by atomic mass is 10.3. The molecule has 0 aliphatic rings. The van der Waals surface area contributed by atoms with Crippen LogP contribution in [0.2, 0.25) is 0 Å². The van der Waals surface area contributed by atoms with Crippen molar-refractivity contribution < 1.29 is 13.9 Å². The Hall–Kier alpha value is -3.13. The van der Waals surface area contributed by atoms with E-state index in [0.29, 0.717) is 16.6 Å². The molecule has 3 heterocycles. The molecule has 4 aromatic rings. The molecule has 0 fully saturated rings. The Labute approximate surface area is 159 Å². The summed E-state index contributed by atoms with van der Waals surface area (Å²) in [4.78, 5) is 19.5. The summed E-state index contributed by atoms with van der Waals surface area (Å²) in [7, 11) is 3.38. The maximum atomic E-state index is 13.3. The first kappa shape index (κ1) is 17.3. The van der Waals surface area contributed by atoms with Gasteiger partial charge in [0.05, 0.1) is 35.8 Å². The highest BCUT2D eigenvalue weighted by Crippen LogP contribution is 2.33. The number of nitrogens with zero attached hydrogens (tertiary/aromatic N) is 4. The average Bonchev–Trinajstić information content (AvgIpc) is 3.37. The van der Waals surface area contributed by atoms with Crippen LogP contribution in [0.25, 0.3) is 10.2 Å². The third kappa shape index (κ3) is 3.31. The number of fused-ring (bicyclic) bond motifs is 1. The number of furan rings is 1. The summed E-state index contributed by atoms with van der Waals surface area (Å²) in [6, 6.07) is 11.1. The number of aryl methyl sites for hydroxylation is 2. The van der Waals surface area contributed by atoms with Crippen LogP contribution >= 0.6 is 11.3 Å². The smallest absolute Gasteiger partial charge is 0.278 e. The number of hydrogen-bond donors (Lipinski definition) is 0. The number of carbonyl (C=O) groups excluding carboxylic acids is 1. The Morgan fingerprint density at radius 3 is 2.85 bits per heavy atom. The molecule has 0 bridgehead atoms. The van der Waals surface area contributed by atoms with Crippen LogP contribution in [0, 0.1) is 6.92 Å². The van der Waals surface area contributed by atoms with Crippen molar-refractivity contribution >= 4 is 32.6 Å². The highest BCUT2D eigenvalue weighted by molar-refractivity contribution is 7.22. The summed E-state index contributed by atoms with van der Waals surface area (Å²) in [6.07, 6.45) is 1.59. The second kappa shape index (κ2) is 6.88. The Kier molecular flexibility index (Phi) is 4.41. The number of hydrogen-bond acceptors (Lipinski definition) is 6. The van der Waals surface area contributed by atoms with Gasteiger partial charge in [-0.2, -0.15) is 5.10 Å². The van der Waals surface area contributed by atoms with Crippen LogP contribution < -0.4 is 9.64 Å². The first-order valence-corrected chi connectivity index (χ1v) is 9.16. The van der Waals surface area contributed by atoms with E-state index in [1.165, 1.54) is 11.3 Å². The molecule has 0 atom stereocenters. The molecule has 27 heavy (non-hydrogen) atoms. The van der Waals surface area contributed by atoms with Gasteiger partial charge in [0.2, 0.25) is 0 Å². The van der Waals surface area contributed by atoms with Crippen molar-refractivity contribution in [2.75, 3.05) is 12.0 Å². The summed E-state index contributed by atoms with van der Waals surface area (Å²) in [5.74, 6) is 1.25. The van der Waals surface area contributed by atoms with Gasteiger partial charge in [0.15, 0.2) is 5.13 Å². The van der Waals surface area contributed by atoms with Crippen molar-refractivity contribution in [2.24, 2.45) is 7.05 Å². The molecule has 138 valence electrons. The van der Waals surface area contributed by atoms with E-state index < -0.39 is 0 Å². The van der Waals surface area contributed by atoms with Gasteiger partial charge in [-0.1, -0.05) is 11.3 Å². The zero-order chi connectivity index (χ0) is 19.0. The van der Waals surface area contributed by atoms with Crippen LogP contribution in [-0.2, 0) is 13.6 Å². The van der Waals surface area contributed by atoms with Crippen LogP contribution in [0.5, 0.6) is 5.75 Å². The minimum Gasteiger partial charge on any atom is -0.497 e.